The van der Waals surface area contributed by atoms with Crippen LogP contribution in [0, 0.1) is 0 Å². The Morgan fingerprint density at radius 2 is 2.00 bits per heavy atom. The molecule has 0 aliphatic carbocycles. The Balaban J connectivity index is 3.52. The Labute approximate surface area is 62.8 Å². The zero-order valence-corrected chi connectivity index (χ0v) is 7.15. The van der Waals surface area contributed by atoms with Crippen LogP contribution in [0.2, 0.25) is 0 Å². The minimum atomic E-state index is -0.854. The molecule has 0 radical (unpaired) electrons. The summed E-state index contributed by atoms with van der Waals surface area (Å²) in [4.78, 5) is 0. The lowest BCUT2D eigenvalue weighted by atomic mass is 9.96. The molecule has 0 aliphatic rings. The van der Waals surface area contributed by atoms with Crippen molar-refractivity contribution in [3.63, 3.8) is 0 Å². The van der Waals surface area contributed by atoms with Gasteiger partial charge in [-0.2, -0.15) is 0 Å². The normalized spacial score (nSPS) is 15.3. The van der Waals surface area contributed by atoms with Gasteiger partial charge in [-0.15, -0.1) is 0 Å². The van der Waals surface area contributed by atoms with Gasteiger partial charge in [-0.05, 0) is 20.3 Å². The lowest BCUT2D eigenvalue weighted by molar-refractivity contribution is 0.202. The van der Waals surface area contributed by atoms with E-state index in [0.29, 0.717) is 6.42 Å². The molecule has 1 nitrogen and oxygen atoms in total. The molecule has 10 heavy (non-hydrogen) atoms. The molecule has 0 saturated heterocycles. The van der Waals surface area contributed by atoms with Crippen molar-refractivity contribution in [2.24, 2.45) is 5.73 Å². The van der Waals surface area contributed by atoms with E-state index >= 15 is 0 Å². The predicted octanol–water partition coefficient (Wildman–Crippen LogP) is 2.25. The molecule has 0 amide bonds. The van der Waals surface area contributed by atoms with Crippen LogP contribution in [-0.2, 0) is 0 Å². The van der Waals surface area contributed by atoms with Gasteiger partial charge in [0, 0.05) is 5.54 Å². The minimum Gasteiger partial charge on any atom is -0.323 e. The minimum absolute atomic E-state index is 0.597. The lowest BCUT2D eigenvalue weighted by Crippen LogP contribution is -2.42. The van der Waals surface area contributed by atoms with E-state index in [9.17, 15) is 4.39 Å². The first-order valence-electron chi connectivity index (χ1n) is 3.91. The maximum atomic E-state index is 13.0. The van der Waals surface area contributed by atoms with Gasteiger partial charge in [0.25, 0.3) is 0 Å². The standard InChI is InChI=1S/C8H18FN/c1-4-5-6-7(9)8(2,3)10/h7H,4-6,10H2,1-3H3. The van der Waals surface area contributed by atoms with Gasteiger partial charge >= 0.3 is 0 Å². The maximum absolute atomic E-state index is 13.0. The molecule has 0 heterocycles. The highest BCUT2D eigenvalue weighted by molar-refractivity contribution is 4.81. The summed E-state index contributed by atoms with van der Waals surface area (Å²) < 4.78 is 13.0. The first-order chi connectivity index (χ1) is 4.48. The fraction of sp³-hybridized carbons (Fsp3) is 1.00. The number of hydrogen-bond acceptors (Lipinski definition) is 1. The molecule has 2 heteroatoms. The second kappa shape index (κ2) is 3.91. The summed E-state index contributed by atoms with van der Waals surface area (Å²) in [5, 5.41) is 0. The molecule has 2 N–H and O–H groups in total. The first kappa shape index (κ1) is 9.89. The third-order valence-electron chi connectivity index (χ3n) is 1.62. The topological polar surface area (TPSA) is 26.0 Å². The van der Waals surface area contributed by atoms with Crippen molar-refractivity contribution in [2.75, 3.05) is 0 Å². The van der Waals surface area contributed by atoms with Gasteiger partial charge in [0.05, 0.1) is 0 Å². The Hall–Kier alpha value is -0.110. The van der Waals surface area contributed by atoms with Gasteiger partial charge in [-0.1, -0.05) is 19.8 Å². The summed E-state index contributed by atoms with van der Waals surface area (Å²) in [7, 11) is 0. The van der Waals surface area contributed by atoms with Gasteiger partial charge in [0.2, 0.25) is 0 Å². The van der Waals surface area contributed by atoms with E-state index in [0.717, 1.165) is 12.8 Å². The van der Waals surface area contributed by atoms with Crippen molar-refractivity contribution in [1.29, 1.82) is 0 Å². The number of rotatable bonds is 4. The monoisotopic (exact) mass is 147 g/mol. The zero-order valence-electron chi connectivity index (χ0n) is 7.15. The number of unbranched alkanes of at least 4 members (excludes halogenated alkanes) is 1. The lowest BCUT2D eigenvalue weighted by Gasteiger charge is -2.23. The molecule has 62 valence electrons. The van der Waals surface area contributed by atoms with E-state index in [1.165, 1.54) is 0 Å². The highest BCUT2D eigenvalue weighted by Gasteiger charge is 2.23. The van der Waals surface area contributed by atoms with Gasteiger partial charge < -0.3 is 5.73 Å². The van der Waals surface area contributed by atoms with Crippen LogP contribution in [0.4, 0.5) is 4.39 Å². The highest BCUT2D eigenvalue weighted by Crippen LogP contribution is 2.15. The first-order valence-corrected chi connectivity index (χ1v) is 3.91. The zero-order chi connectivity index (χ0) is 8.20. The van der Waals surface area contributed by atoms with Gasteiger partial charge in [-0.3, -0.25) is 0 Å². The number of alkyl halides is 1. The Kier molecular flexibility index (Phi) is 3.87. The van der Waals surface area contributed by atoms with Crippen molar-refractivity contribution < 1.29 is 4.39 Å². The molecule has 0 aliphatic heterocycles. The summed E-state index contributed by atoms with van der Waals surface area (Å²) >= 11 is 0. The van der Waals surface area contributed by atoms with E-state index in [2.05, 4.69) is 6.92 Å². The van der Waals surface area contributed by atoms with Gasteiger partial charge in [0.15, 0.2) is 0 Å². The van der Waals surface area contributed by atoms with Crippen molar-refractivity contribution >= 4 is 0 Å². The SMILES string of the molecule is CCCCC(F)C(C)(C)N. The fourth-order valence-corrected chi connectivity index (χ4v) is 0.755. The molecule has 1 unspecified atom stereocenters. The number of nitrogens with two attached hydrogens (primary N) is 1. The summed E-state index contributed by atoms with van der Waals surface area (Å²) in [6.45, 7) is 5.51. The molecule has 0 aromatic rings. The van der Waals surface area contributed by atoms with Crippen LogP contribution >= 0.6 is 0 Å². The molecular formula is C8H18FN. The largest absolute Gasteiger partial charge is 0.323 e. The molecule has 0 bridgehead atoms. The second-order valence-corrected chi connectivity index (χ2v) is 3.43. The van der Waals surface area contributed by atoms with Gasteiger partial charge in [-0.25, -0.2) is 4.39 Å². The van der Waals surface area contributed by atoms with Crippen molar-refractivity contribution in [2.45, 2.75) is 51.7 Å². The van der Waals surface area contributed by atoms with Crippen LogP contribution in [0.3, 0.4) is 0 Å². The summed E-state index contributed by atoms with van der Waals surface area (Å²) in [6.07, 6.45) is 1.71. The molecule has 0 saturated carbocycles. The molecule has 0 aromatic heterocycles. The summed E-state index contributed by atoms with van der Waals surface area (Å²) in [6, 6.07) is 0. The molecule has 0 rings (SSSR count). The smallest absolute Gasteiger partial charge is 0.117 e. The molecule has 0 fully saturated rings. The Morgan fingerprint density at radius 3 is 2.30 bits per heavy atom. The average molecular weight is 147 g/mol. The number of halogens is 1. The Bertz CT molecular complexity index is 85.7. The van der Waals surface area contributed by atoms with Crippen molar-refractivity contribution in [3.8, 4) is 0 Å². The van der Waals surface area contributed by atoms with E-state index in [4.69, 9.17) is 5.73 Å². The van der Waals surface area contributed by atoms with E-state index in [-0.39, 0.29) is 0 Å². The molecular weight excluding hydrogens is 129 g/mol. The third-order valence-corrected chi connectivity index (χ3v) is 1.62. The molecule has 0 aromatic carbocycles. The van der Waals surface area contributed by atoms with Crippen LogP contribution < -0.4 is 5.73 Å². The van der Waals surface area contributed by atoms with Crippen LogP contribution in [0.5, 0.6) is 0 Å². The molecule has 0 spiro atoms. The second-order valence-electron chi connectivity index (χ2n) is 3.43. The quantitative estimate of drug-likeness (QED) is 0.648. The maximum Gasteiger partial charge on any atom is 0.117 e. The van der Waals surface area contributed by atoms with E-state index in [1.807, 2.05) is 0 Å². The average Bonchev–Trinajstić information content (AvgIpc) is 1.80. The molecule has 1 atom stereocenters. The third kappa shape index (κ3) is 3.83. The Morgan fingerprint density at radius 1 is 1.50 bits per heavy atom. The van der Waals surface area contributed by atoms with Crippen LogP contribution in [0.1, 0.15) is 40.0 Å². The fourth-order valence-electron chi connectivity index (χ4n) is 0.755. The van der Waals surface area contributed by atoms with Crippen LogP contribution in [0.25, 0.3) is 0 Å². The number of hydrogen-bond donors (Lipinski definition) is 1. The summed E-state index contributed by atoms with van der Waals surface area (Å²) in [5.41, 5.74) is 4.89. The predicted molar refractivity (Wildman–Crippen MR) is 42.7 cm³/mol. The van der Waals surface area contributed by atoms with Gasteiger partial charge in [0.1, 0.15) is 6.17 Å². The van der Waals surface area contributed by atoms with E-state index in [1.54, 1.807) is 13.8 Å². The van der Waals surface area contributed by atoms with Crippen LogP contribution in [-0.4, -0.2) is 11.7 Å². The van der Waals surface area contributed by atoms with Crippen molar-refractivity contribution in [1.82, 2.24) is 0 Å². The van der Waals surface area contributed by atoms with Crippen LogP contribution in [0.15, 0.2) is 0 Å². The van der Waals surface area contributed by atoms with E-state index < -0.39 is 11.7 Å². The highest BCUT2D eigenvalue weighted by atomic mass is 19.1. The van der Waals surface area contributed by atoms with Crippen molar-refractivity contribution in [3.05, 3.63) is 0 Å². The summed E-state index contributed by atoms with van der Waals surface area (Å²) in [5.74, 6) is 0.